The van der Waals surface area contributed by atoms with Crippen molar-refractivity contribution in [3.63, 3.8) is 0 Å². The van der Waals surface area contributed by atoms with Crippen LogP contribution < -0.4 is 0 Å². The summed E-state index contributed by atoms with van der Waals surface area (Å²) in [6.07, 6.45) is 1.63. The van der Waals surface area contributed by atoms with E-state index in [1.54, 1.807) is 11.1 Å². The quantitative estimate of drug-likeness (QED) is 0.794. The third-order valence-electron chi connectivity index (χ3n) is 2.86. The van der Waals surface area contributed by atoms with Gasteiger partial charge in [0.05, 0.1) is 11.1 Å². The zero-order valence-corrected chi connectivity index (χ0v) is 11.0. The molecule has 0 spiro atoms. The molecular formula is C14H15ClN2O. The van der Waals surface area contributed by atoms with E-state index in [2.05, 4.69) is 4.98 Å². The van der Waals surface area contributed by atoms with Gasteiger partial charge in [0.15, 0.2) is 0 Å². The molecule has 0 radical (unpaired) electrons. The lowest BCUT2D eigenvalue weighted by molar-refractivity contribution is 0.0774. The van der Waals surface area contributed by atoms with Gasteiger partial charge in [0, 0.05) is 30.6 Å². The Labute approximate surface area is 111 Å². The first-order valence-electron chi connectivity index (χ1n) is 5.96. The van der Waals surface area contributed by atoms with Crippen LogP contribution in [0.2, 0.25) is 0 Å². The number of fused-ring (bicyclic) bond motifs is 1. The molecule has 0 bridgehead atoms. The molecule has 1 aromatic heterocycles. The highest BCUT2D eigenvalue weighted by Crippen LogP contribution is 2.14. The lowest BCUT2D eigenvalue weighted by Gasteiger charge is -2.19. The highest BCUT2D eigenvalue weighted by atomic mass is 35.5. The van der Waals surface area contributed by atoms with Gasteiger partial charge in [0.25, 0.3) is 5.91 Å². The van der Waals surface area contributed by atoms with E-state index in [0.29, 0.717) is 24.5 Å². The summed E-state index contributed by atoms with van der Waals surface area (Å²) in [5.41, 5.74) is 1.51. The fourth-order valence-corrected chi connectivity index (χ4v) is 2.08. The number of carbonyl (C=O) groups excluding carboxylic acids is 1. The second kappa shape index (κ2) is 5.83. The van der Waals surface area contributed by atoms with Crippen molar-refractivity contribution in [3.05, 3.63) is 42.1 Å². The number of hydrogen-bond acceptors (Lipinski definition) is 2. The highest BCUT2D eigenvalue weighted by molar-refractivity contribution is 6.18. The van der Waals surface area contributed by atoms with Crippen LogP contribution in [0.4, 0.5) is 0 Å². The Morgan fingerprint density at radius 1 is 1.39 bits per heavy atom. The van der Waals surface area contributed by atoms with E-state index >= 15 is 0 Å². The molecule has 0 aliphatic rings. The van der Waals surface area contributed by atoms with E-state index in [1.807, 2.05) is 37.3 Å². The second-order valence-electron chi connectivity index (χ2n) is 3.99. The van der Waals surface area contributed by atoms with Crippen LogP contribution in [0.15, 0.2) is 36.5 Å². The van der Waals surface area contributed by atoms with E-state index in [9.17, 15) is 4.79 Å². The molecule has 2 rings (SSSR count). The molecule has 1 amide bonds. The molecule has 94 valence electrons. The van der Waals surface area contributed by atoms with Crippen LogP contribution >= 0.6 is 11.6 Å². The third-order valence-corrected chi connectivity index (χ3v) is 3.03. The summed E-state index contributed by atoms with van der Waals surface area (Å²) in [6, 6.07) is 9.63. The Morgan fingerprint density at radius 2 is 2.17 bits per heavy atom. The van der Waals surface area contributed by atoms with Gasteiger partial charge in [0.1, 0.15) is 0 Å². The van der Waals surface area contributed by atoms with Gasteiger partial charge >= 0.3 is 0 Å². The number of nitrogens with zero attached hydrogens (tertiary/aromatic N) is 2. The Hall–Kier alpha value is -1.61. The summed E-state index contributed by atoms with van der Waals surface area (Å²) >= 11 is 5.69. The van der Waals surface area contributed by atoms with Gasteiger partial charge in [-0.3, -0.25) is 9.78 Å². The van der Waals surface area contributed by atoms with Crippen molar-refractivity contribution >= 4 is 28.4 Å². The topological polar surface area (TPSA) is 33.2 Å². The summed E-state index contributed by atoms with van der Waals surface area (Å²) in [5, 5.41) is 0.977. The van der Waals surface area contributed by atoms with Crippen molar-refractivity contribution in [3.8, 4) is 0 Å². The average molecular weight is 263 g/mol. The van der Waals surface area contributed by atoms with Crippen LogP contribution in [0.5, 0.6) is 0 Å². The number of hydrogen-bond donors (Lipinski definition) is 0. The van der Waals surface area contributed by atoms with Crippen LogP contribution in [-0.4, -0.2) is 34.8 Å². The van der Waals surface area contributed by atoms with Crippen LogP contribution in [-0.2, 0) is 0 Å². The lowest BCUT2D eigenvalue weighted by Crippen LogP contribution is -2.32. The molecule has 0 saturated carbocycles. The van der Waals surface area contributed by atoms with Gasteiger partial charge in [0.2, 0.25) is 0 Å². The molecule has 0 fully saturated rings. The van der Waals surface area contributed by atoms with Crippen molar-refractivity contribution in [2.75, 3.05) is 19.0 Å². The molecule has 3 nitrogen and oxygen atoms in total. The predicted octanol–water partition coefficient (Wildman–Crippen LogP) is 2.94. The standard InChI is InChI=1S/C14H15ClN2O/c1-2-17(8-7-15)14(18)12-9-11-5-3-4-6-13(11)16-10-12/h3-6,9-10H,2,7-8H2,1H3. The Balaban J connectivity index is 2.32. The van der Waals surface area contributed by atoms with Crippen LogP contribution in [0, 0.1) is 0 Å². The number of benzene rings is 1. The summed E-state index contributed by atoms with van der Waals surface area (Å²) in [6.45, 7) is 3.15. The maximum absolute atomic E-state index is 12.2. The molecule has 4 heteroatoms. The first-order valence-corrected chi connectivity index (χ1v) is 6.49. The molecule has 18 heavy (non-hydrogen) atoms. The molecule has 0 aliphatic heterocycles. The van der Waals surface area contributed by atoms with Gasteiger partial charge < -0.3 is 4.90 Å². The van der Waals surface area contributed by atoms with Gasteiger partial charge in [-0.1, -0.05) is 18.2 Å². The number of aromatic nitrogens is 1. The minimum absolute atomic E-state index is 0.0172. The fraction of sp³-hybridized carbons (Fsp3) is 0.286. The van der Waals surface area contributed by atoms with E-state index < -0.39 is 0 Å². The van der Waals surface area contributed by atoms with E-state index in [0.717, 1.165) is 10.9 Å². The number of amides is 1. The zero-order chi connectivity index (χ0) is 13.0. The maximum atomic E-state index is 12.2. The van der Waals surface area contributed by atoms with Crippen LogP contribution in [0.25, 0.3) is 10.9 Å². The number of pyridine rings is 1. The Morgan fingerprint density at radius 3 is 2.89 bits per heavy atom. The Bertz CT molecular complexity index is 556. The molecule has 0 saturated heterocycles. The smallest absolute Gasteiger partial charge is 0.255 e. The highest BCUT2D eigenvalue weighted by Gasteiger charge is 2.14. The van der Waals surface area contributed by atoms with Gasteiger partial charge in [-0.05, 0) is 19.1 Å². The lowest BCUT2D eigenvalue weighted by atomic mass is 10.1. The van der Waals surface area contributed by atoms with Crippen molar-refractivity contribution in [1.29, 1.82) is 0 Å². The van der Waals surface area contributed by atoms with Crippen LogP contribution in [0.3, 0.4) is 0 Å². The molecule has 1 heterocycles. The Kier molecular flexibility index (Phi) is 4.15. The minimum atomic E-state index is -0.0172. The van der Waals surface area contributed by atoms with E-state index in [1.165, 1.54) is 0 Å². The normalized spacial score (nSPS) is 10.6. The monoisotopic (exact) mass is 262 g/mol. The summed E-state index contributed by atoms with van der Waals surface area (Å²) < 4.78 is 0. The molecule has 0 unspecified atom stereocenters. The first kappa shape index (κ1) is 12.8. The van der Waals surface area contributed by atoms with E-state index in [-0.39, 0.29) is 5.91 Å². The van der Waals surface area contributed by atoms with Gasteiger partial charge in [-0.25, -0.2) is 0 Å². The van der Waals surface area contributed by atoms with Crippen molar-refractivity contribution in [2.45, 2.75) is 6.92 Å². The summed E-state index contributed by atoms with van der Waals surface area (Å²) in [4.78, 5) is 18.3. The summed E-state index contributed by atoms with van der Waals surface area (Å²) in [5.74, 6) is 0.428. The largest absolute Gasteiger partial charge is 0.338 e. The van der Waals surface area contributed by atoms with E-state index in [4.69, 9.17) is 11.6 Å². The predicted molar refractivity (Wildman–Crippen MR) is 74.0 cm³/mol. The van der Waals surface area contributed by atoms with Gasteiger partial charge in [-0.15, -0.1) is 11.6 Å². The molecule has 2 aromatic rings. The molecule has 0 atom stereocenters. The average Bonchev–Trinajstić information content (AvgIpc) is 2.43. The molecular weight excluding hydrogens is 248 g/mol. The van der Waals surface area contributed by atoms with Crippen molar-refractivity contribution in [2.24, 2.45) is 0 Å². The molecule has 0 aliphatic carbocycles. The first-order chi connectivity index (χ1) is 8.76. The van der Waals surface area contributed by atoms with Gasteiger partial charge in [-0.2, -0.15) is 0 Å². The van der Waals surface area contributed by atoms with Crippen molar-refractivity contribution in [1.82, 2.24) is 9.88 Å². The third kappa shape index (κ3) is 2.62. The number of halogens is 1. The number of para-hydroxylation sites is 1. The maximum Gasteiger partial charge on any atom is 0.255 e. The summed E-state index contributed by atoms with van der Waals surface area (Å²) in [7, 11) is 0. The van der Waals surface area contributed by atoms with Crippen LogP contribution in [0.1, 0.15) is 17.3 Å². The fourth-order valence-electron chi connectivity index (χ4n) is 1.88. The number of rotatable bonds is 4. The number of carbonyl (C=O) groups is 1. The molecule has 1 aromatic carbocycles. The minimum Gasteiger partial charge on any atom is -0.338 e. The molecule has 0 N–H and O–H groups in total. The number of alkyl halides is 1. The SMILES string of the molecule is CCN(CCCl)C(=O)c1cnc2ccccc2c1. The zero-order valence-electron chi connectivity index (χ0n) is 10.3. The van der Waals surface area contributed by atoms with Crippen molar-refractivity contribution < 1.29 is 4.79 Å². The second-order valence-corrected chi connectivity index (χ2v) is 4.37.